The van der Waals surface area contributed by atoms with Crippen LogP contribution in [0.3, 0.4) is 0 Å². The number of amides is 1. The van der Waals surface area contributed by atoms with Crippen molar-refractivity contribution in [2.45, 2.75) is 19.3 Å². The molecule has 1 aromatic carbocycles. The lowest BCUT2D eigenvalue weighted by molar-refractivity contribution is -0.116. The second-order valence-electron chi connectivity index (χ2n) is 7.51. The summed E-state index contributed by atoms with van der Waals surface area (Å²) in [5.74, 6) is 1.82. The highest BCUT2D eigenvalue weighted by Gasteiger charge is 2.33. The van der Waals surface area contributed by atoms with Gasteiger partial charge < -0.3 is 20.1 Å². The smallest absolute Gasteiger partial charge is 0.226 e. The van der Waals surface area contributed by atoms with E-state index in [0.717, 1.165) is 35.7 Å². The quantitative estimate of drug-likeness (QED) is 0.685. The molecule has 2 aromatic heterocycles. The third-order valence-electron chi connectivity index (χ3n) is 5.56. The van der Waals surface area contributed by atoms with Gasteiger partial charge in [-0.25, -0.2) is 0 Å². The van der Waals surface area contributed by atoms with Crippen molar-refractivity contribution in [3.8, 4) is 11.6 Å². The van der Waals surface area contributed by atoms with Gasteiger partial charge in [-0.3, -0.25) is 4.79 Å². The first-order valence-electron chi connectivity index (χ1n) is 9.95. The maximum Gasteiger partial charge on any atom is 0.226 e. The molecule has 2 N–H and O–H groups in total. The number of morpholine rings is 1. The van der Waals surface area contributed by atoms with E-state index in [-0.39, 0.29) is 17.6 Å². The Labute approximate surface area is 173 Å². The van der Waals surface area contributed by atoms with Crippen molar-refractivity contribution in [2.24, 2.45) is 0 Å². The fourth-order valence-corrected chi connectivity index (χ4v) is 4.13. The van der Waals surface area contributed by atoms with E-state index in [0.29, 0.717) is 31.3 Å². The number of carbonyl (C=O) groups excluding carboxylic acids is 1. The highest BCUT2D eigenvalue weighted by atomic mass is 16.5. The van der Waals surface area contributed by atoms with Crippen LogP contribution in [0.2, 0.25) is 0 Å². The Morgan fingerprint density at radius 2 is 1.90 bits per heavy atom. The van der Waals surface area contributed by atoms with Crippen molar-refractivity contribution in [3.63, 3.8) is 0 Å². The molecule has 4 heterocycles. The maximum absolute atomic E-state index is 12.5. The van der Waals surface area contributed by atoms with Crippen LogP contribution in [-0.2, 0) is 9.53 Å². The number of anilines is 2. The molecule has 5 rings (SSSR count). The van der Waals surface area contributed by atoms with Crippen LogP contribution < -0.4 is 10.2 Å². The maximum atomic E-state index is 12.5. The summed E-state index contributed by atoms with van der Waals surface area (Å²) in [5.41, 5.74) is 2.61. The second-order valence-corrected chi connectivity index (χ2v) is 7.51. The number of hydrogen-bond donors (Lipinski definition) is 2. The number of carbonyl (C=O) groups is 1. The van der Waals surface area contributed by atoms with Crippen molar-refractivity contribution in [2.75, 3.05) is 36.5 Å². The van der Waals surface area contributed by atoms with Crippen LogP contribution in [0.4, 0.5) is 11.6 Å². The average Bonchev–Trinajstić information content (AvgIpc) is 3.10. The molecular formula is C21H22N6O3. The summed E-state index contributed by atoms with van der Waals surface area (Å²) in [6.07, 6.45) is 0.296. The summed E-state index contributed by atoms with van der Waals surface area (Å²) < 4.78 is 7.02. The number of aromatic nitrogens is 4. The molecular weight excluding hydrogens is 384 g/mol. The molecule has 30 heavy (non-hydrogen) atoms. The number of benzene rings is 1. The largest absolute Gasteiger partial charge is 0.508 e. The first-order valence-corrected chi connectivity index (χ1v) is 9.95. The number of aryl methyl sites for hydroxylation is 1. The van der Waals surface area contributed by atoms with Gasteiger partial charge in [0.25, 0.3) is 0 Å². The Morgan fingerprint density at radius 1 is 1.13 bits per heavy atom. The van der Waals surface area contributed by atoms with Gasteiger partial charge in [-0.1, -0.05) is 12.1 Å². The second kappa shape index (κ2) is 7.42. The number of ether oxygens (including phenoxy) is 1. The zero-order valence-electron chi connectivity index (χ0n) is 16.6. The van der Waals surface area contributed by atoms with E-state index in [1.807, 2.05) is 25.1 Å². The Balaban J connectivity index is 1.52. The van der Waals surface area contributed by atoms with E-state index in [9.17, 15) is 9.90 Å². The molecule has 0 aliphatic carbocycles. The molecule has 3 aromatic rings. The van der Waals surface area contributed by atoms with Crippen molar-refractivity contribution >= 4 is 17.5 Å². The minimum Gasteiger partial charge on any atom is -0.508 e. The lowest BCUT2D eigenvalue weighted by Gasteiger charge is -2.27. The van der Waals surface area contributed by atoms with Gasteiger partial charge in [-0.15, -0.1) is 10.2 Å². The van der Waals surface area contributed by atoms with Crippen molar-refractivity contribution in [1.29, 1.82) is 0 Å². The molecule has 1 saturated heterocycles. The molecule has 9 heteroatoms. The van der Waals surface area contributed by atoms with Gasteiger partial charge in [0.2, 0.25) is 5.91 Å². The molecule has 0 bridgehead atoms. The molecule has 0 unspecified atom stereocenters. The van der Waals surface area contributed by atoms with Crippen LogP contribution in [-0.4, -0.2) is 57.3 Å². The molecule has 1 fully saturated rings. The van der Waals surface area contributed by atoms with Crippen molar-refractivity contribution in [3.05, 3.63) is 53.2 Å². The van der Waals surface area contributed by atoms with Gasteiger partial charge in [0, 0.05) is 31.0 Å². The Kier molecular flexibility index (Phi) is 4.59. The van der Waals surface area contributed by atoms with Gasteiger partial charge in [0.15, 0.2) is 11.6 Å². The van der Waals surface area contributed by atoms with Gasteiger partial charge in [-0.05, 0) is 36.8 Å². The predicted molar refractivity (Wildman–Crippen MR) is 110 cm³/mol. The highest BCUT2D eigenvalue weighted by Crippen LogP contribution is 2.40. The van der Waals surface area contributed by atoms with Crippen LogP contribution in [0.5, 0.6) is 5.75 Å². The zero-order chi connectivity index (χ0) is 20.7. The number of fused-ring (bicyclic) bond motifs is 1. The van der Waals surface area contributed by atoms with E-state index in [2.05, 4.69) is 25.5 Å². The van der Waals surface area contributed by atoms with E-state index >= 15 is 0 Å². The Bertz CT molecular complexity index is 1090. The summed E-state index contributed by atoms with van der Waals surface area (Å²) in [7, 11) is 0. The Morgan fingerprint density at radius 3 is 2.63 bits per heavy atom. The molecule has 2 aliphatic heterocycles. The predicted octanol–water partition coefficient (Wildman–Crippen LogP) is 1.99. The normalized spacial score (nSPS) is 18.8. The summed E-state index contributed by atoms with van der Waals surface area (Å²) in [6.45, 7) is 4.84. The molecule has 0 spiro atoms. The molecule has 0 radical (unpaired) electrons. The Hall–Kier alpha value is -3.46. The fourth-order valence-electron chi connectivity index (χ4n) is 4.13. The average molecular weight is 406 g/mol. The molecule has 1 amide bonds. The van der Waals surface area contributed by atoms with E-state index in [4.69, 9.17) is 4.74 Å². The summed E-state index contributed by atoms with van der Waals surface area (Å²) >= 11 is 0. The monoisotopic (exact) mass is 406 g/mol. The SMILES string of the molecule is Cc1nn(-c2ccc(N3CCOCC3)nn2)c2c1[C@@H](c1cccc(O)c1)CC(=O)N2. The number of rotatable bonds is 3. The van der Waals surface area contributed by atoms with Crippen molar-refractivity contribution < 1.29 is 14.6 Å². The number of nitrogens with one attached hydrogen (secondary N) is 1. The summed E-state index contributed by atoms with van der Waals surface area (Å²) in [4.78, 5) is 14.6. The molecule has 1 atom stereocenters. The number of hydrogen-bond acceptors (Lipinski definition) is 7. The number of aromatic hydroxyl groups is 1. The van der Waals surface area contributed by atoms with Gasteiger partial charge in [0.1, 0.15) is 11.6 Å². The number of phenolic OH excluding ortho intramolecular Hbond substituents is 1. The lowest BCUT2D eigenvalue weighted by atomic mass is 9.86. The highest BCUT2D eigenvalue weighted by molar-refractivity contribution is 5.95. The molecule has 154 valence electrons. The van der Waals surface area contributed by atoms with Crippen LogP contribution in [0.15, 0.2) is 36.4 Å². The van der Waals surface area contributed by atoms with Crippen LogP contribution in [0.1, 0.15) is 29.2 Å². The molecule has 0 saturated carbocycles. The minimum absolute atomic E-state index is 0.102. The van der Waals surface area contributed by atoms with Gasteiger partial charge in [0.05, 0.1) is 18.9 Å². The molecule has 2 aliphatic rings. The van der Waals surface area contributed by atoms with E-state index in [1.54, 1.807) is 22.9 Å². The summed E-state index contributed by atoms with van der Waals surface area (Å²) in [6, 6.07) is 10.8. The third-order valence-corrected chi connectivity index (χ3v) is 5.56. The zero-order valence-corrected chi connectivity index (χ0v) is 16.6. The van der Waals surface area contributed by atoms with E-state index in [1.165, 1.54) is 0 Å². The minimum atomic E-state index is -0.185. The number of phenols is 1. The topological polar surface area (TPSA) is 105 Å². The van der Waals surface area contributed by atoms with Crippen LogP contribution >= 0.6 is 0 Å². The molecule has 9 nitrogen and oxygen atoms in total. The standard InChI is InChI=1S/C21H22N6O3/c1-13-20-16(14-3-2-4-15(28)11-14)12-19(29)22-21(20)27(25-13)18-6-5-17(23-24-18)26-7-9-30-10-8-26/h2-6,11,16,28H,7-10,12H2,1H3,(H,22,29)/t16-/m1/s1. The summed E-state index contributed by atoms with van der Waals surface area (Å²) in [5, 5.41) is 26.2. The first-order chi connectivity index (χ1) is 14.6. The van der Waals surface area contributed by atoms with Crippen molar-refractivity contribution in [1.82, 2.24) is 20.0 Å². The van der Waals surface area contributed by atoms with Gasteiger partial charge >= 0.3 is 0 Å². The van der Waals surface area contributed by atoms with Gasteiger partial charge in [-0.2, -0.15) is 9.78 Å². The fraction of sp³-hybridized carbons (Fsp3) is 0.333. The third kappa shape index (κ3) is 3.26. The first kappa shape index (κ1) is 18.6. The van der Waals surface area contributed by atoms with Crippen LogP contribution in [0.25, 0.3) is 5.82 Å². The lowest BCUT2D eigenvalue weighted by Crippen LogP contribution is -2.36. The van der Waals surface area contributed by atoms with Crippen LogP contribution in [0, 0.1) is 6.92 Å². The van der Waals surface area contributed by atoms with E-state index < -0.39 is 0 Å². The number of nitrogens with zero attached hydrogens (tertiary/aromatic N) is 5.